The molecule has 29 heavy (non-hydrogen) atoms. The van der Waals surface area contributed by atoms with Crippen molar-refractivity contribution in [1.29, 1.82) is 0 Å². The van der Waals surface area contributed by atoms with Gasteiger partial charge in [-0.15, -0.1) is 5.10 Å². The smallest absolute Gasteiger partial charge is 0.409 e. The summed E-state index contributed by atoms with van der Waals surface area (Å²) in [5.74, 6) is 1.32. The number of ether oxygens (including phenoxy) is 1. The standard InChI is InChI=1S/C20H23N5O3S/c1-2-27-20(26)23-12-10-22(11-13-23)15-24-19(29)25(16-7-4-3-5-8-16)18(21-24)17-9-6-14-28-17/h3-9,14H,2,10-13,15H2,1H3. The monoisotopic (exact) mass is 413 g/mol. The van der Waals surface area contributed by atoms with Gasteiger partial charge in [0.2, 0.25) is 10.6 Å². The molecule has 1 aliphatic heterocycles. The van der Waals surface area contributed by atoms with Gasteiger partial charge in [0.1, 0.15) is 0 Å². The van der Waals surface area contributed by atoms with Gasteiger partial charge < -0.3 is 14.1 Å². The largest absolute Gasteiger partial charge is 0.461 e. The van der Waals surface area contributed by atoms with Crippen LogP contribution in [0.1, 0.15) is 6.92 Å². The van der Waals surface area contributed by atoms with Gasteiger partial charge in [0.25, 0.3) is 0 Å². The Morgan fingerprint density at radius 1 is 1.14 bits per heavy atom. The molecule has 0 saturated carbocycles. The van der Waals surface area contributed by atoms with Gasteiger partial charge in [0, 0.05) is 26.2 Å². The quantitative estimate of drug-likeness (QED) is 0.597. The Kier molecular flexibility index (Phi) is 5.77. The molecule has 0 N–H and O–H groups in total. The van der Waals surface area contributed by atoms with Crippen LogP contribution < -0.4 is 0 Å². The second kappa shape index (κ2) is 8.62. The first-order valence-corrected chi connectivity index (χ1v) is 10.0. The fourth-order valence-corrected chi connectivity index (χ4v) is 3.64. The minimum Gasteiger partial charge on any atom is -0.461 e. The van der Waals surface area contributed by atoms with Gasteiger partial charge in [-0.2, -0.15) is 0 Å². The topological polar surface area (TPSA) is 68.7 Å². The minimum atomic E-state index is -0.253. The van der Waals surface area contributed by atoms with Gasteiger partial charge in [0.05, 0.1) is 25.2 Å². The van der Waals surface area contributed by atoms with Crippen molar-refractivity contribution in [2.24, 2.45) is 0 Å². The fraction of sp³-hybridized carbons (Fsp3) is 0.350. The summed E-state index contributed by atoms with van der Waals surface area (Å²) in [4.78, 5) is 15.8. The van der Waals surface area contributed by atoms with Gasteiger partial charge in [-0.3, -0.25) is 9.47 Å². The highest BCUT2D eigenvalue weighted by Crippen LogP contribution is 2.23. The van der Waals surface area contributed by atoms with Crippen molar-refractivity contribution >= 4 is 18.3 Å². The van der Waals surface area contributed by atoms with Crippen LogP contribution in [-0.4, -0.2) is 63.0 Å². The maximum atomic E-state index is 11.9. The molecule has 9 heteroatoms. The van der Waals surface area contributed by atoms with E-state index >= 15 is 0 Å². The first-order valence-electron chi connectivity index (χ1n) is 9.60. The van der Waals surface area contributed by atoms with Crippen LogP contribution in [0.4, 0.5) is 4.79 Å². The van der Waals surface area contributed by atoms with Crippen LogP contribution in [0, 0.1) is 4.77 Å². The molecular weight excluding hydrogens is 390 g/mol. The van der Waals surface area contributed by atoms with E-state index < -0.39 is 0 Å². The van der Waals surface area contributed by atoms with Gasteiger partial charge in [-0.25, -0.2) is 9.48 Å². The lowest BCUT2D eigenvalue weighted by molar-refractivity contribution is 0.0691. The summed E-state index contributed by atoms with van der Waals surface area (Å²) < 4.78 is 15.0. The number of carbonyl (C=O) groups excluding carboxylic acids is 1. The zero-order valence-corrected chi connectivity index (χ0v) is 17.0. The average Bonchev–Trinajstić information content (AvgIpc) is 3.38. The second-order valence-corrected chi connectivity index (χ2v) is 7.06. The number of furan rings is 1. The van der Waals surface area contributed by atoms with Crippen molar-refractivity contribution in [1.82, 2.24) is 24.1 Å². The predicted octanol–water partition coefficient (Wildman–Crippen LogP) is 3.39. The van der Waals surface area contributed by atoms with E-state index in [0.717, 1.165) is 18.8 Å². The molecular formula is C20H23N5O3S. The van der Waals surface area contributed by atoms with Crippen LogP contribution in [0.15, 0.2) is 53.1 Å². The third-order valence-electron chi connectivity index (χ3n) is 4.83. The maximum absolute atomic E-state index is 11.9. The average molecular weight is 414 g/mol. The molecule has 0 aliphatic carbocycles. The highest BCUT2D eigenvalue weighted by Gasteiger charge is 2.23. The molecule has 0 unspecified atom stereocenters. The molecule has 152 valence electrons. The number of amides is 1. The summed E-state index contributed by atoms with van der Waals surface area (Å²) >= 11 is 5.75. The number of carbonyl (C=O) groups is 1. The van der Waals surface area contributed by atoms with E-state index in [1.165, 1.54) is 0 Å². The number of hydrogen-bond acceptors (Lipinski definition) is 6. The highest BCUT2D eigenvalue weighted by molar-refractivity contribution is 7.71. The van der Waals surface area contributed by atoms with E-state index in [0.29, 0.717) is 42.7 Å². The fourth-order valence-electron chi connectivity index (χ4n) is 3.35. The van der Waals surface area contributed by atoms with Crippen LogP contribution in [-0.2, 0) is 11.4 Å². The van der Waals surface area contributed by atoms with Gasteiger partial charge >= 0.3 is 6.09 Å². The molecule has 1 saturated heterocycles. The van der Waals surface area contributed by atoms with Crippen LogP contribution >= 0.6 is 12.2 Å². The van der Waals surface area contributed by atoms with Crippen molar-refractivity contribution in [2.45, 2.75) is 13.6 Å². The Morgan fingerprint density at radius 2 is 1.90 bits per heavy atom. The lowest BCUT2D eigenvalue weighted by atomic mass is 10.3. The molecule has 0 radical (unpaired) electrons. The van der Waals surface area contributed by atoms with Crippen LogP contribution in [0.5, 0.6) is 0 Å². The molecule has 1 fully saturated rings. The molecule has 0 atom stereocenters. The van der Waals surface area contributed by atoms with E-state index in [-0.39, 0.29) is 6.09 Å². The number of piperazine rings is 1. The summed E-state index contributed by atoms with van der Waals surface area (Å²) in [6, 6.07) is 13.6. The Labute approximate surface area is 173 Å². The third-order valence-corrected chi connectivity index (χ3v) is 5.22. The molecule has 8 nitrogen and oxygen atoms in total. The van der Waals surface area contributed by atoms with Gasteiger partial charge in [0.15, 0.2) is 5.76 Å². The number of para-hydroxylation sites is 1. The van der Waals surface area contributed by atoms with E-state index in [9.17, 15) is 4.79 Å². The van der Waals surface area contributed by atoms with Crippen molar-refractivity contribution in [3.63, 3.8) is 0 Å². The summed E-state index contributed by atoms with van der Waals surface area (Å²) in [5.41, 5.74) is 0.933. The Morgan fingerprint density at radius 3 is 2.55 bits per heavy atom. The molecule has 0 spiro atoms. The first kappa shape index (κ1) is 19.4. The van der Waals surface area contributed by atoms with Gasteiger partial charge in [-0.1, -0.05) is 18.2 Å². The van der Waals surface area contributed by atoms with Crippen molar-refractivity contribution in [3.8, 4) is 17.3 Å². The number of rotatable bonds is 5. The molecule has 3 heterocycles. The van der Waals surface area contributed by atoms with Crippen molar-refractivity contribution in [3.05, 3.63) is 53.5 Å². The van der Waals surface area contributed by atoms with Crippen LogP contribution in [0.25, 0.3) is 17.3 Å². The predicted molar refractivity (Wildman–Crippen MR) is 110 cm³/mol. The Balaban J connectivity index is 1.56. The van der Waals surface area contributed by atoms with Crippen LogP contribution in [0.3, 0.4) is 0 Å². The molecule has 1 aromatic carbocycles. The summed E-state index contributed by atoms with van der Waals surface area (Å²) in [6.45, 7) is 5.45. The zero-order valence-electron chi connectivity index (χ0n) is 16.2. The number of nitrogens with zero attached hydrogens (tertiary/aromatic N) is 5. The molecule has 4 rings (SSSR count). The number of hydrogen-bond donors (Lipinski definition) is 0. The lowest BCUT2D eigenvalue weighted by Gasteiger charge is -2.33. The molecule has 2 aromatic heterocycles. The highest BCUT2D eigenvalue weighted by atomic mass is 32.1. The first-order chi connectivity index (χ1) is 14.2. The normalized spacial score (nSPS) is 14.9. The van der Waals surface area contributed by atoms with Crippen molar-refractivity contribution in [2.75, 3.05) is 32.8 Å². The van der Waals surface area contributed by atoms with E-state index in [2.05, 4.69) is 4.90 Å². The minimum absolute atomic E-state index is 0.253. The van der Waals surface area contributed by atoms with E-state index in [1.54, 1.807) is 15.8 Å². The van der Waals surface area contributed by atoms with E-state index in [1.807, 2.05) is 54.0 Å². The molecule has 1 aliphatic rings. The van der Waals surface area contributed by atoms with Crippen molar-refractivity contribution < 1.29 is 13.9 Å². The van der Waals surface area contributed by atoms with E-state index in [4.69, 9.17) is 26.5 Å². The lowest BCUT2D eigenvalue weighted by Crippen LogP contribution is -2.49. The summed E-state index contributed by atoms with van der Waals surface area (Å²) in [5, 5.41) is 4.74. The number of aromatic nitrogens is 3. The molecule has 3 aromatic rings. The zero-order chi connectivity index (χ0) is 20.2. The Bertz CT molecular complexity index is 1000. The molecule has 0 bridgehead atoms. The second-order valence-electron chi connectivity index (χ2n) is 6.70. The molecule has 1 amide bonds. The summed E-state index contributed by atoms with van der Waals surface area (Å²) in [6.07, 6.45) is 1.37. The Hall–Kier alpha value is -2.91. The van der Waals surface area contributed by atoms with Crippen LogP contribution in [0.2, 0.25) is 0 Å². The maximum Gasteiger partial charge on any atom is 0.409 e. The van der Waals surface area contributed by atoms with Gasteiger partial charge in [-0.05, 0) is 43.4 Å². The summed E-state index contributed by atoms with van der Waals surface area (Å²) in [7, 11) is 0. The third kappa shape index (κ3) is 4.10. The SMILES string of the molecule is CCOC(=O)N1CCN(Cn2nc(-c3ccco3)n(-c3ccccc3)c2=S)CC1. The number of benzene rings is 1.